The molecule has 0 radical (unpaired) electrons. The van der Waals surface area contributed by atoms with Crippen molar-refractivity contribution in [3.05, 3.63) is 0 Å². The maximum Gasteiger partial charge on any atom is 1.00 e. The van der Waals surface area contributed by atoms with E-state index in [1.54, 1.807) is 11.8 Å². The molecule has 12 heteroatoms. The van der Waals surface area contributed by atoms with Crippen molar-refractivity contribution in [1.29, 1.82) is 0 Å². The number of rotatable bonds is 3. The van der Waals surface area contributed by atoms with Gasteiger partial charge in [0.05, 0.1) is 0 Å². The van der Waals surface area contributed by atoms with Crippen molar-refractivity contribution < 1.29 is 87.8 Å². The minimum absolute atomic E-state index is 0. The minimum atomic E-state index is -5.31. The van der Waals surface area contributed by atoms with Crippen molar-refractivity contribution in [2.75, 3.05) is 24.6 Å². The molecule has 0 amide bonds. The Kier molecular flexibility index (Phi) is 11.3. The van der Waals surface area contributed by atoms with Gasteiger partial charge in [0.15, 0.2) is 0 Å². The molecule has 1 aliphatic rings. The van der Waals surface area contributed by atoms with Crippen LogP contribution in [-0.4, -0.2) is 44.8 Å². The van der Waals surface area contributed by atoms with Crippen LogP contribution in [0.3, 0.4) is 0 Å². The average molecular weight is 321 g/mol. The van der Waals surface area contributed by atoms with Crippen LogP contribution in [-0.2, 0) is 9.13 Å². The van der Waals surface area contributed by atoms with Gasteiger partial charge < -0.3 is 24.1 Å². The Hall–Kier alpha value is 2.61. The van der Waals surface area contributed by atoms with E-state index in [-0.39, 0.29) is 72.2 Å². The fourth-order valence-electron chi connectivity index (χ4n) is 1.41. The van der Waals surface area contributed by atoms with E-state index in [4.69, 9.17) is 9.79 Å². The zero-order valence-corrected chi connectivity index (χ0v) is 16.3. The summed E-state index contributed by atoms with van der Waals surface area (Å²) in [6.07, 6.45) is 0. The summed E-state index contributed by atoms with van der Waals surface area (Å²) in [6, 6.07) is 0. The minimum Gasteiger partial charge on any atom is -0.809 e. The van der Waals surface area contributed by atoms with E-state index in [2.05, 4.69) is 0 Å². The molecule has 0 aromatic rings. The maximum absolute atomic E-state index is 11.0. The molecule has 1 rings (SSSR count). The first kappa shape index (κ1) is 21.9. The molecular weight excluding hydrogens is 310 g/mol. The number of hydrogen-bond acceptors (Lipinski definition) is 6. The van der Waals surface area contributed by atoms with Crippen molar-refractivity contribution >= 4 is 27.0 Å². The molecule has 90 valence electrons. The Labute approximate surface area is 148 Å². The van der Waals surface area contributed by atoms with Crippen LogP contribution >= 0.6 is 27.0 Å². The van der Waals surface area contributed by atoms with E-state index in [0.29, 0.717) is 11.5 Å². The van der Waals surface area contributed by atoms with Crippen LogP contribution in [0, 0.1) is 0 Å². The maximum atomic E-state index is 11.0. The second-order valence-electron chi connectivity index (χ2n) is 3.12. The molecule has 17 heavy (non-hydrogen) atoms. The monoisotopic (exact) mass is 321 g/mol. The third kappa shape index (κ3) is 7.25. The Balaban J connectivity index is 0. The van der Waals surface area contributed by atoms with Crippen molar-refractivity contribution in [3.63, 3.8) is 0 Å². The van der Waals surface area contributed by atoms with Crippen LogP contribution in [0.15, 0.2) is 0 Å². The summed E-state index contributed by atoms with van der Waals surface area (Å²) in [5, 5.41) is 0. The van der Waals surface area contributed by atoms with Crippen LogP contribution in [0.4, 0.5) is 0 Å². The van der Waals surface area contributed by atoms with Crippen LogP contribution in [0.25, 0.3) is 0 Å². The van der Waals surface area contributed by atoms with E-state index in [1.165, 1.54) is 0 Å². The van der Waals surface area contributed by atoms with E-state index in [1.807, 2.05) is 0 Å². The van der Waals surface area contributed by atoms with Crippen LogP contribution in [0.5, 0.6) is 0 Å². The van der Waals surface area contributed by atoms with Gasteiger partial charge >= 0.3 is 66.7 Å². The second kappa shape index (κ2) is 8.80. The zero-order valence-electron chi connectivity index (χ0n) is 9.68. The van der Waals surface area contributed by atoms with E-state index in [9.17, 15) is 18.9 Å². The van der Waals surface area contributed by atoms with Gasteiger partial charge in [0.2, 0.25) is 0 Å². The van der Waals surface area contributed by atoms with Crippen molar-refractivity contribution in [2.24, 2.45) is 0 Å². The third-order valence-corrected chi connectivity index (χ3v) is 6.47. The van der Waals surface area contributed by atoms with Crippen molar-refractivity contribution in [3.8, 4) is 0 Å². The zero-order chi connectivity index (χ0) is 11.7. The predicted octanol–water partition coefficient (Wildman–Crippen LogP) is -7.58. The quantitative estimate of drug-likeness (QED) is 0.388. The molecule has 0 aliphatic carbocycles. The Morgan fingerprint density at radius 1 is 1.12 bits per heavy atom. The van der Waals surface area contributed by atoms with Gasteiger partial charge in [-0.05, 0) is 7.60 Å². The molecule has 1 aliphatic heterocycles. The SMILES string of the molecule is O=P([O-])([O-])C(N1CCSCC1)P(=O)(O)O.[Na+].[Na+]. The van der Waals surface area contributed by atoms with Gasteiger partial charge in [0.25, 0.3) is 0 Å². The fourth-order valence-corrected chi connectivity index (χ4v) is 5.10. The van der Waals surface area contributed by atoms with E-state index in [0.717, 1.165) is 4.90 Å². The molecule has 1 heterocycles. The predicted molar refractivity (Wildman–Crippen MR) is 52.3 cm³/mol. The van der Waals surface area contributed by atoms with Crippen LogP contribution in [0.2, 0.25) is 0 Å². The summed E-state index contributed by atoms with van der Waals surface area (Å²) in [5.74, 6) is 1.13. The largest absolute Gasteiger partial charge is 1.00 e. The van der Waals surface area contributed by atoms with Crippen LogP contribution in [0.1, 0.15) is 0 Å². The molecule has 1 atom stereocenters. The Morgan fingerprint density at radius 3 is 1.82 bits per heavy atom. The molecule has 0 bridgehead atoms. The molecule has 1 saturated heterocycles. The summed E-state index contributed by atoms with van der Waals surface area (Å²) in [7, 11) is -10.2. The number of hydrogen-bond donors (Lipinski definition) is 2. The molecule has 0 aromatic heterocycles. The normalized spacial score (nSPS) is 20.0. The first-order valence-electron chi connectivity index (χ1n) is 4.11. The molecular formula is C5H11NNa2O6P2S. The molecule has 1 fully saturated rings. The van der Waals surface area contributed by atoms with Gasteiger partial charge in [-0.1, -0.05) is 0 Å². The summed E-state index contributed by atoms with van der Waals surface area (Å²) >= 11 is 1.55. The Bertz CT molecular complexity index is 294. The van der Waals surface area contributed by atoms with Crippen molar-refractivity contribution in [2.45, 2.75) is 5.52 Å². The van der Waals surface area contributed by atoms with E-state index >= 15 is 0 Å². The topological polar surface area (TPSA) is 124 Å². The van der Waals surface area contributed by atoms with Crippen LogP contribution < -0.4 is 68.9 Å². The molecule has 0 saturated carbocycles. The van der Waals surface area contributed by atoms with Crippen molar-refractivity contribution in [1.82, 2.24) is 4.90 Å². The van der Waals surface area contributed by atoms with Gasteiger partial charge in [-0.25, -0.2) is 0 Å². The molecule has 7 nitrogen and oxygen atoms in total. The summed E-state index contributed by atoms with van der Waals surface area (Å²) in [5.41, 5.74) is -2.20. The second-order valence-corrected chi connectivity index (χ2v) is 7.99. The van der Waals surface area contributed by atoms with Gasteiger partial charge in [-0.2, -0.15) is 11.8 Å². The van der Waals surface area contributed by atoms with Gasteiger partial charge in [0.1, 0.15) is 5.52 Å². The van der Waals surface area contributed by atoms with Gasteiger partial charge in [0, 0.05) is 24.6 Å². The first-order valence-corrected chi connectivity index (χ1v) is 8.56. The molecule has 2 N–H and O–H groups in total. The van der Waals surface area contributed by atoms with Gasteiger partial charge in [-0.15, -0.1) is 0 Å². The standard InChI is InChI=1S/C5H13NO6P2S.2Na/c7-13(8,9)5(14(10,11)12)6-1-3-15-4-2-6;;/h5H,1-4H2,(H2,7,8,9)(H2,10,11,12);;/q;2*+1/p-2. The first-order chi connectivity index (χ1) is 6.73. The fraction of sp³-hybridized carbons (Fsp3) is 1.00. The summed E-state index contributed by atoms with van der Waals surface area (Å²) in [4.78, 5) is 40.4. The average Bonchev–Trinajstić information content (AvgIpc) is 2.00. The van der Waals surface area contributed by atoms with E-state index < -0.39 is 20.7 Å². The number of thioether (sulfide) groups is 1. The smallest absolute Gasteiger partial charge is 0.809 e. The Morgan fingerprint density at radius 2 is 1.53 bits per heavy atom. The number of nitrogens with zero attached hydrogens (tertiary/aromatic N) is 1. The summed E-state index contributed by atoms with van der Waals surface area (Å²) in [6.45, 7) is 0.407. The molecule has 0 spiro atoms. The molecule has 1 unspecified atom stereocenters. The third-order valence-electron chi connectivity index (χ3n) is 1.96. The van der Waals surface area contributed by atoms with Gasteiger partial charge in [-0.3, -0.25) is 9.46 Å². The summed E-state index contributed by atoms with van der Waals surface area (Å²) < 4.78 is 21.8. The molecule has 0 aromatic carbocycles.